The van der Waals surface area contributed by atoms with Crippen molar-refractivity contribution in [1.29, 1.82) is 0 Å². The van der Waals surface area contributed by atoms with Gasteiger partial charge in [0.25, 0.3) is 0 Å². The molecule has 2 aromatic rings. The third-order valence-corrected chi connectivity index (χ3v) is 7.28. The number of benzene rings is 1. The molecule has 1 aromatic carbocycles. The molecule has 31 heavy (non-hydrogen) atoms. The number of rotatable bonds is 5. The number of nitrogens with one attached hydrogen (secondary N) is 1. The van der Waals surface area contributed by atoms with Gasteiger partial charge in [0.2, 0.25) is 0 Å². The second-order valence-electron chi connectivity index (χ2n) is 9.10. The first-order chi connectivity index (χ1) is 14.7. The lowest BCUT2D eigenvalue weighted by Crippen LogP contribution is -2.42. The summed E-state index contributed by atoms with van der Waals surface area (Å²) in [7, 11) is 2.13. The van der Waals surface area contributed by atoms with Gasteiger partial charge >= 0.3 is 0 Å². The van der Waals surface area contributed by atoms with Crippen molar-refractivity contribution in [3.63, 3.8) is 0 Å². The van der Waals surface area contributed by atoms with Crippen molar-refractivity contribution in [2.75, 3.05) is 18.5 Å². The molecule has 2 aliphatic heterocycles. The molecule has 164 valence electrons. The molecule has 1 aromatic heterocycles. The molecule has 1 saturated heterocycles. The largest absolute Gasteiger partial charge is 0.365 e. The van der Waals surface area contributed by atoms with E-state index in [1.807, 2.05) is 18.3 Å². The minimum absolute atomic E-state index is 0.000192. The molecule has 0 saturated carbocycles. The number of halogens is 1. The summed E-state index contributed by atoms with van der Waals surface area (Å²) in [6.45, 7) is 9.74. The average Bonchev–Trinajstić information content (AvgIpc) is 3.06. The van der Waals surface area contributed by atoms with E-state index in [4.69, 9.17) is 23.8 Å². The molecule has 0 radical (unpaired) electrons. The maximum atomic E-state index is 6.98. The van der Waals surface area contributed by atoms with Crippen molar-refractivity contribution in [3.05, 3.63) is 64.4 Å². The Bertz CT molecular complexity index is 1020. The fourth-order valence-corrected chi connectivity index (χ4v) is 5.33. The topological polar surface area (TPSA) is 31.4 Å². The molecule has 0 amide bonds. The first kappa shape index (κ1) is 22.1. The van der Waals surface area contributed by atoms with Crippen LogP contribution in [0.2, 0.25) is 5.02 Å². The van der Waals surface area contributed by atoms with Crippen LogP contribution < -0.4 is 10.2 Å². The SMILES string of the molecule is CCCCN1C(=S)N[C@H](c2ccccn2)[C@@H]1c1cc2c(cc1Cl)N(C)C(C)(C)C=C2C. The van der Waals surface area contributed by atoms with Crippen LogP contribution in [-0.4, -0.2) is 34.1 Å². The van der Waals surface area contributed by atoms with E-state index in [2.05, 4.69) is 79.1 Å². The predicted octanol–water partition coefficient (Wildman–Crippen LogP) is 6.14. The quantitative estimate of drug-likeness (QED) is 0.548. The summed E-state index contributed by atoms with van der Waals surface area (Å²) in [5.74, 6) is 0. The van der Waals surface area contributed by atoms with E-state index in [1.54, 1.807) is 0 Å². The van der Waals surface area contributed by atoms with Gasteiger partial charge in [-0.15, -0.1) is 0 Å². The van der Waals surface area contributed by atoms with Crippen LogP contribution in [0.3, 0.4) is 0 Å². The number of likely N-dealkylation sites (N-methyl/N-ethyl adjacent to an activating group) is 1. The summed E-state index contributed by atoms with van der Waals surface area (Å²) in [5.41, 5.74) is 5.70. The van der Waals surface area contributed by atoms with Crippen LogP contribution in [0, 0.1) is 0 Å². The molecule has 0 spiro atoms. The number of thiocarbonyl (C=S) groups is 1. The van der Waals surface area contributed by atoms with Gasteiger partial charge in [-0.3, -0.25) is 4.98 Å². The average molecular weight is 455 g/mol. The second kappa shape index (κ2) is 8.44. The highest BCUT2D eigenvalue weighted by Crippen LogP contribution is 2.46. The molecule has 0 bridgehead atoms. The summed E-state index contributed by atoms with van der Waals surface area (Å²) in [5, 5.41) is 5.07. The van der Waals surface area contributed by atoms with E-state index < -0.39 is 0 Å². The van der Waals surface area contributed by atoms with Gasteiger partial charge in [-0.25, -0.2) is 0 Å². The highest BCUT2D eigenvalue weighted by Gasteiger charge is 2.41. The minimum atomic E-state index is -0.0535. The van der Waals surface area contributed by atoms with Gasteiger partial charge in [0.1, 0.15) is 0 Å². The van der Waals surface area contributed by atoms with Crippen LogP contribution in [0.4, 0.5) is 5.69 Å². The lowest BCUT2D eigenvalue weighted by atomic mass is 9.86. The Morgan fingerprint density at radius 1 is 1.26 bits per heavy atom. The van der Waals surface area contributed by atoms with E-state index in [-0.39, 0.29) is 17.6 Å². The van der Waals surface area contributed by atoms with Gasteiger partial charge in [0, 0.05) is 36.1 Å². The number of anilines is 1. The molecule has 4 rings (SSSR count). The first-order valence-electron chi connectivity index (χ1n) is 11.0. The Morgan fingerprint density at radius 2 is 2.03 bits per heavy atom. The number of aromatic nitrogens is 1. The van der Waals surface area contributed by atoms with Crippen molar-refractivity contribution in [3.8, 4) is 0 Å². The molecule has 1 N–H and O–H groups in total. The Morgan fingerprint density at radius 3 is 2.71 bits per heavy atom. The summed E-state index contributed by atoms with van der Waals surface area (Å²) in [6, 6.07) is 10.4. The number of nitrogens with zero attached hydrogens (tertiary/aromatic N) is 3. The monoisotopic (exact) mass is 454 g/mol. The lowest BCUT2D eigenvalue weighted by Gasteiger charge is -2.41. The number of pyridine rings is 1. The zero-order valence-electron chi connectivity index (χ0n) is 18.9. The van der Waals surface area contributed by atoms with E-state index in [9.17, 15) is 0 Å². The van der Waals surface area contributed by atoms with Crippen molar-refractivity contribution < 1.29 is 0 Å². The first-order valence-corrected chi connectivity index (χ1v) is 11.8. The molecule has 6 heteroatoms. The van der Waals surface area contributed by atoms with Crippen molar-refractivity contribution in [1.82, 2.24) is 15.2 Å². The second-order valence-corrected chi connectivity index (χ2v) is 9.90. The summed E-state index contributed by atoms with van der Waals surface area (Å²) in [6.07, 6.45) is 6.35. The van der Waals surface area contributed by atoms with E-state index in [0.717, 1.165) is 40.8 Å². The molecular weight excluding hydrogens is 424 g/mol. The Balaban J connectivity index is 1.84. The van der Waals surface area contributed by atoms with Crippen molar-refractivity contribution >= 4 is 40.2 Å². The van der Waals surface area contributed by atoms with Gasteiger partial charge in [-0.2, -0.15) is 0 Å². The maximum absolute atomic E-state index is 6.98. The number of hydrogen-bond acceptors (Lipinski definition) is 3. The third kappa shape index (κ3) is 3.94. The van der Waals surface area contributed by atoms with Crippen LogP contribution >= 0.6 is 23.8 Å². The molecule has 0 unspecified atom stereocenters. The van der Waals surface area contributed by atoms with Crippen LogP contribution in [-0.2, 0) is 0 Å². The van der Waals surface area contributed by atoms with Gasteiger partial charge in [-0.1, -0.05) is 37.1 Å². The fraction of sp³-hybridized carbons (Fsp3) is 0.440. The molecule has 0 aliphatic carbocycles. The number of fused-ring (bicyclic) bond motifs is 1. The van der Waals surface area contributed by atoms with E-state index in [0.29, 0.717) is 0 Å². The molecule has 3 heterocycles. The Kier molecular flexibility index (Phi) is 6.01. The molecule has 2 atom stereocenters. The summed E-state index contributed by atoms with van der Waals surface area (Å²) >= 11 is 12.8. The molecule has 1 fully saturated rings. The van der Waals surface area contributed by atoms with Gasteiger partial charge in [-0.05, 0) is 74.8 Å². The summed E-state index contributed by atoms with van der Waals surface area (Å²) < 4.78 is 0. The highest BCUT2D eigenvalue weighted by atomic mass is 35.5. The number of unbranched alkanes of at least 4 members (excludes halogenated alkanes) is 1. The number of allylic oxidation sites excluding steroid dienone is 1. The van der Waals surface area contributed by atoms with Crippen LogP contribution in [0.5, 0.6) is 0 Å². The van der Waals surface area contributed by atoms with Crippen LogP contribution in [0.15, 0.2) is 42.6 Å². The zero-order chi connectivity index (χ0) is 22.3. The molecule has 2 aliphatic rings. The Hall–Kier alpha value is -2.11. The lowest BCUT2D eigenvalue weighted by molar-refractivity contribution is 0.313. The fourth-order valence-electron chi connectivity index (χ4n) is 4.73. The molecule has 4 nitrogen and oxygen atoms in total. The van der Waals surface area contributed by atoms with E-state index >= 15 is 0 Å². The smallest absolute Gasteiger partial charge is 0.170 e. The zero-order valence-corrected chi connectivity index (χ0v) is 20.5. The van der Waals surface area contributed by atoms with Gasteiger partial charge in [0.05, 0.1) is 23.3 Å². The minimum Gasteiger partial charge on any atom is -0.365 e. The third-order valence-electron chi connectivity index (χ3n) is 6.60. The van der Waals surface area contributed by atoms with Crippen LogP contribution in [0.1, 0.15) is 69.4 Å². The number of hydrogen-bond donors (Lipinski definition) is 1. The molecular formula is C25H31ClN4S. The van der Waals surface area contributed by atoms with Crippen molar-refractivity contribution in [2.45, 2.75) is 58.2 Å². The van der Waals surface area contributed by atoms with Gasteiger partial charge < -0.3 is 15.1 Å². The highest BCUT2D eigenvalue weighted by molar-refractivity contribution is 7.80. The Labute approximate surface area is 196 Å². The standard InChI is InChI=1S/C25H31ClN4S/c1-6-7-12-30-23(22(28-24(30)31)20-10-8-9-11-27-20)18-13-17-16(2)15-25(3,4)29(5)21(17)14-19(18)26/h8-11,13-15,22-23H,6-7,12H2,1-5H3,(H,28,31)/t22-,23+/m1/s1. The predicted molar refractivity (Wildman–Crippen MR) is 135 cm³/mol. The van der Waals surface area contributed by atoms with Gasteiger partial charge in [0.15, 0.2) is 5.11 Å². The normalized spacial score (nSPS) is 22.3. The summed E-state index contributed by atoms with van der Waals surface area (Å²) in [4.78, 5) is 9.23. The van der Waals surface area contributed by atoms with E-state index in [1.165, 1.54) is 16.8 Å². The van der Waals surface area contributed by atoms with Crippen LogP contribution in [0.25, 0.3) is 5.57 Å². The van der Waals surface area contributed by atoms with Crippen molar-refractivity contribution in [2.24, 2.45) is 0 Å². The maximum Gasteiger partial charge on any atom is 0.170 e.